The number of carbonyl (C=O) groups is 2. The van der Waals surface area contributed by atoms with Gasteiger partial charge in [-0.05, 0) is 35.9 Å². The van der Waals surface area contributed by atoms with Crippen LogP contribution in [-0.4, -0.2) is 81.5 Å². The summed E-state index contributed by atoms with van der Waals surface area (Å²) < 4.78 is 110. The molecular formula is C27H24N4O12S3. The van der Waals surface area contributed by atoms with Crippen LogP contribution >= 0.6 is 0 Å². The maximum atomic E-state index is 13.8. The summed E-state index contributed by atoms with van der Waals surface area (Å²) in [4.78, 5) is 25.4. The molecule has 0 bridgehead atoms. The molecule has 7 N–H and O–H groups in total. The molecule has 0 fully saturated rings. The van der Waals surface area contributed by atoms with E-state index in [1.54, 1.807) is 0 Å². The van der Waals surface area contributed by atoms with Crippen molar-refractivity contribution in [2.45, 2.75) is 9.79 Å². The average molecular weight is 693 g/mol. The number of nitrogens with one attached hydrogen (secondary N) is 1. The molecule has 1 heterocycles. The lowest BCUT2D eigenvalue weighted by Crippen LogP contribution is -2.47. The van der Waals surface area contributed by atoms with Gasteiger partial charge >= 0.3 is 10.1 Å². The topological polar surface area (TPSA) is 280 Å². The number of anilines is 1. The number of nitrogens with zero attached hydrogens (tertiary/aromatic N) is 1. The summed E-state index contributed by atoms with van der Waals surface area (Å²) in [5, 5.41) is 7.56. The fourth-order valence-electron chi connectivity index (χ4n) is 4.69. The van der Waals surface area contributed by atoms with Gasteiger partial charge in [-0.3, -0.25) is 24.1 Å². The molecule has 19 heteroatoms. The molecule has 1 aliphatic heterocycles. The Morgan fingerprint density at radius 3 is 2.28 bits per heavy atom. The van der Waals surface area contributed by atoms with E-state index in [0.717, 1.165) is 23.1 Å². The van der Waals surface area contributed by atoms with Crippen molar-refractivity contribution >= 4 is 58.8 Å². The highest BCUT2D eigenvalue weighted by Gasteiger charge is 2.32. The highest BCUT2D eigenvalue weighted by atomic mass is 32.2. The molecule has 0 saturated heterocycles. The van der Waals surface area contributed by atoms with Crippen LogP contribution in [0.15, 0.2) is 56.7 Å². The Kier molecular flexibility index (Phi) is 9.00. The van der Waals surface area contributed by atoms with Crippen molar-refractivity contribution in [3.63, 3.8) is 0 Å². The third kappa shape index (κ3) is 6.71. The number of hydrogen-bond donors (Lipinski definition) is 5. The fraction of sp³-hybridized carbons (Fsp3) is 0.148. The summed E-state index contributed by atoms with van der Waals surface area (Å²) in [7, 11) is -13.9. The number of nitrogens with two attached hydrogens (primary N) is 2. The first-order valence-corrected chi connectivity index (χ1v) is 17.1. The molecule has 16 nitrogen and oxygen atoms in total. The SMILES string of the molecule is C#CCNC(=O)c1ccc(-c2c3ccc(=[NH2+])c(S(=O)(=O)O)c-3oc3c(S(=O)(=O)[O-])c(N)ccc23)c(C(=O)N(C)CCS(=O)(=O)O)c1. The normalized spacial score (nSPS) is 12.2. The standard InChI is InChI=1S/C27H24N4O12S3/c1-3-10-30-26(32)14-4-5-15(18(13-14)27(33)31(2)11-12-44(34,35)36)21-16-6-8-19(28)24(45(37,38)39)22(16)43-23-17(21)7-9-20(29)25(23)46(40,41)42/h1,4-9,13,28H,10-12,29H2,2H3,(H,30,32)(H,34,35,36)(H,37,38,39)(H,40,41,42). The molecule has 0 unspecified atom stereocenters. The van der Waals surface area contributed by atoms with Crippen LogP contribution in [0.1, 0.15) is 20.7 Å². The molecule has 242 valence electrons. The second kappa shape index (κ2) is 12.2. The number of benzene rings is 3. The Morgan fingerprint density at radius 2 is 1.70 bits per heavy atom. The van der Waals surface area contributed by atoms with E-state index >= 15 is 0 Å². The number of terminal acetylenes is 1. The molecule has 0 aromatic heterocycles. The van der Waals surface area contributed by atoms with Gasteiger partial charge in [0.25, 0.3) is 21.9 Å². The molecule has 4 rings (SSSR count). The van der Waals surface area contributed by atoms with E-state index in [4.69, 9.17) is 22.0 Å². The van der Waals surface area contributed by atoms with Crippen molar-refractivity contribution in [2.24, 2.45) is 0 Å². The van der Waals surface area contributed by atoms with Crippen LogP contribution < -0.4 is 21.8 Å². The molecule has 2 aliphatic rings. The largest absolute Gasteiger partial charge is 0.744 e. The van der Waals surface area contributed by atoms with Gasteiger partial charge in [-0.2, -0.15) is 16.8 Å². The van der Waals surface area contributed by atoms with E-state index in [1.807, 2.05) is 0 Å². The first kappa shape index (κ1) is 34.0. The monoisotopic (exact) mass is 692 g/mol. The molecule has 2 amide bonds. The van der Waals surface area contributed by atoms with Crippen LogP contribution in [0.3, 0.4) is 0 Å². The van der Waals surface area contributed by atoms with Gasteiger partial charge in [0.1, 0.15) is 15.0 Å². The summed E-state index contributed by atoms with van der Waals surface area (Å²) in [6, 6.07) is 8.21. The molecule has 2 aromatic rings. The van der Waals surface area contributed by atoms with Gasteiger partial charge < -0.3 is 24.9 Å². The number of rotatable bonds is 9. The van der Waals surface area contributed by atoms with Gasteiger partial charge in [0.15, 0.2) is 11.3 Å². The zero-order valence-electron chi connectivity index (χ0n) is 23.5. The third-order valence-electron chi connectivity index (χ3n) is 6.70. The predicted octanol–water partition coefficient (Wildman–Crippen LogP) is -1.08. The Hall–Kier alpha value is -4.84. The molecule has 46 heavy (non-hydrogen) atoms. The van der Waals surface area contributed by atoms with Gasteiger partial charge in [0.05, 0.1) is 18.0 Å². The average Bonchev–Trinajstić information content (AvgIpc) is 2.94. The van der Waals surface area contributed by atoms with Gasteiger partial charge in [0.2, 0.25) is 10.3 Å². The van der Waals surface area contributed by atoms with E-state index in [1.165, 1.54) is 31.3 Å². The van der Waals surface area contributed by atoms with Crippen LogP contribution in [0.5, 0.6) is 0 Å². The van der Waals surface area contributed by atoms with Crippen LogP contribution in [0.4, 0.5) is 5.69 Å². The zero-order chi connectivity index (χ0) is 34.4. The third-order valence-corrected chi connectivity index (χ3v) is 9.26. The van der Waals surface area contributed by atoms with Gasteiger partial charge in [-0.1, -0.05) is 12.0 Å². The van der Waals surface area contributed by atoms with E-state index in [2.05, 4.69) is 11.2 Å². The Bertz CT molecular complexity index is 2340. The zero-order valence-corrected chi connectivity index (χ0v) is 26.0. The van der Waals surface area contributed by atoms with Gasteiger partial charge in [0, 0.05) is 47.3 Å². The molecular weight excluding hydrogens is 669 g/mol. The van der Waals surface area contributed by atoms with Crippen LogP contribution in [0, 0.1) is 12.3 Å². The summed E-state index contributed by atoms with van der Waals surface area (Å²) in [5.74, 6) is -0.986. The molecule has 0 spiro atoms. The summed E-state index contributed by atoms with van der Waals surface area (Å²) in [6.45, 7) is -0.698. The number of hydrogen-bond acceptors (Lipinski definition) is 11. The van der Waals surface area contributed by atoms with Crippen molar-refractivity contribution in [1.29, 1.82) is 0 Å². The minimum absolute atomic E-state index is 0.102. The second-order valence-electron chi connectivity index (χ2n) is 9.79. The Balaban J connectivity index is 2.21. The van der Waals surface area contributed by atoms with Crippen LogP contribution in [0.2, 0.25) is 0 Å². The number of nitrogen functional groups attached to an aromatic ring is 1. The van der Waals surface area contributed by atoms with E-state index in [-0.39, 0.29) is 39.7 Å². The number of amides is 2. The smallest absolute Gasteiger partial charge is 0.304 e. The van der Waals surface area contributed by atoms with Crippen molar-refractivity contribution in [2.75, 3.05) is 31.6 Å². The molecule has 0 saturated carbocycles. The summed E-state index contributed by atoms with van der Waals surface area (Å²) >= 11 is 0. The van der Waals surface area contributed by atoms with E-state index in [9.17, 15) is 48.5 Å². The van der Waals surface area contributed by atoms with Crippen molar-refractivity contribution in [3.05, 3.63) is 58.9 Å². The first-order valence-electron chi connectivity index (χ1n) is 12.7. The molecule has 0 radical (unpaired) electrons. The second-order valence-corrected chi connectivity index (χ2v) is 14.0. The lowest BCUT2D eigenvalue weighted by atomic mass is 9.89. The quantitative estimate of drug-likeness (QED) is 0.0605. The predicted molar refractivity (Wildman–Crippen MR) is 160 cm³/mol. The van der Waals surface area contributed by atoms with Crippen molar-refractivity contribution in [1.82, 2.24) is 10.2 Å². The summed E-state index contributed by atoms with van der Waals surface area (Å²) in [6.07, 6.45) is 5.21. The maximum Gasteiger partial charge on any atom is 0.304 e. The van der Waals surface area contributed by atoms with Crippen molar-refractivity contribution in [3.8, 4) is 34.8 Å². The van der Waals surface area contributed by atoms with Crippen LogP contribution in [-0.2, 0) is 30.4 Å². The van der Waals surface area contributed by atoms with Gasteiger partial charge in [-0.25, -0.2) is 8.42 Å². The number of carbonyl (C=O) groups excluding carboxylic acids is 2. The highest BCUT2D eigenvalue weighted by molar-refractivity contribution is 7.86. The lowest BCUT2D eigenvalue weighted by Gasteiger charge is -2.23. The maximum absolute atomic E-state index is 13.8. The van der Waals surface area contributed by atoms with E-state index < -0.39 is 86.6 Å². The van der Waals surface area contributed by atoms with Gasteiger partial charge in [-0.15, -0.1) is 6.42 Å². The first-order chi connectivity index (χ1) is 21.3. The lowest BCUT2D eigenvalue weighted by molar-refractivity contribution is -0.176. The van der Waals surface area contributed by atoms with Crippen molar-refractivity contribution < 1.29 is 58.3 Å². The highest BCUT2D eigenvalue weighted by Crippen LogP contribution is 2.45. The Morgan fingerprint density at radius 1 is 1.04 bits per heavy atom. The fourth-order valence-corrected chi connectivity index (χ4v) is 6.68. The van der Waals surface area contributed by atoms with E-state index in [0.29, 0.717) is 0 Å². The molecule has 1 aliphatic carbocycles. The minimum Gasteiger partial charge on any atom is -0.744 e. The minimum atomic E-state index is -5.41. The molecule has 2 aromatic carbocycles. The molecule has 0 atom stereocenters. The number of fused-ring (bicyclic) bond motifs is 2. The van der Waals surface area contributed by atoms with Crippen LogP contribution in [0.25, 0.3) is 33.4 Å². The Labute approximate surface area is 261 Å². The summed E-state index contributed by atoms with van der Waals surface area (Å²) in [5.41, 5.74) is 3.69.